The minimum Gasteiger partial charge on any atom is -0.318 e. The van der Waals surface area contributed by atoms with Crippen molar-refractivity contribution in [3.63, 3.8) is 0 Å². The molecule has 0 aliphatic carbocycles. The zero-order chi connectivity index (χ0) is 12.1. The van der Waals surface area contributed by atoms with Crippen LogP contribution >= 0.6 is 0 Å². The highest BCUT2D eigenvalue weighted by Crippen LogP contribution is 2.18. The first-order chi connectivity index (χ1) is 8.25. The molecule has 84 valence electrons. The average Bonchev–Trinajstić information content (AvgIpc) is 2.38. The van der Waals surface area contributed by atoms with Gasteiger partial charge in [-0.3, -0.25) is 0 Å². The van der Waals surface area contributed by atoms with E-state index in [1.165, 1.54) is 11.1 Å². The van der Waals surface area contributed by atoms with Crippen LogP contribution in [0.1, 0.15) is 12.5 Å². The molecule has 1 atom stereocenters. The quantitative estimate of drug-likeness (QED) is 0.736. The fourth-order valence-corrected chi connectivity index (χ4v) is 1.57. The number of benzene rings is 2. The third-order valence-corrected chi connectivity index (χ3v) is 2.44. The molecule has 0 saturated carbocycles. The lowest BCUT2D eigenvalue weighted by atomic mass is 10.0. The Morgan fingerprint density at radius 2 is 1.47 bits per heavy atom. The molecule has 0 spiro atoms. The Hall–Kier alpha value is -2.04. The minimum absolute atomic E-state index is 0.0798. The van der Waals surface area contributed by atoms with Gasteiger partial charge in [0.25, 0.3) is 0 Å². The van der Waals surface area contributed by atoms with E-state index >= 15 is 0 Å². The highest BCUT2D eigenvalue weighted by Gasteiger charge is 1.95. The van der Waals surface area contributed by atoms with Crippen LogP contribution < -0.4 is 5.73 Å². The van der Waals surface area contributed by atoms with Gasteiger partial charge >= 0.3 is 0 Å². The molecule has 2 rings (SSSR count). The second kappa shape index (κ2) is 5.34. The summed E-state index contributed by atoms with van der Waals surface area (Å²) in [6, 6.07) is 18.4. The topological polar surface area (TPSA) is 26.0 Å². The van der Waals surface area contributed by atoms with Gasteiger partial charge in [-0.2, -0.15) is 0 Å². The normalized spacial score (nSPS) is 11.4. The summed E-state index contributed by atoms with van der Waals surface area (Å²) in [7, 11) is 0. The monoisotopic (exact) mass is 221 g/mol. The molecule has 2 aromatic carbocycles. The van der Waals surface area contributed by atoms with Crippen molar-refractivity contribution in [1.29, 1.82) is 0 Å². The Labute approximate surface area is 102 Å². The van der Waals surface area contributed by atoms with Crippen molar-refractivity contribution in [3.8, 4) is 23.0 Å². The summed E-state index contributed by atoms with van der Waals surface area (Å²) in [6.07, 6.45) is 0. The maximum absolute atomic E-state index is 5.59. The van der Waals surface area contributed by atoms with Gasteiger partial charge in [-0.05, 0) is 30.2 Å². The molecule has 0 bridgehead atoms. The zero-order valence-electron chi connectivity index (χ0n) is 9.85. The van der Waals surface area contributed by atoms with E-state index < -0.39 is 0 Å². The van der Waals surface area contributed by atoms with Crippen LogP contribution in [0.15, 0.2) is 54.6 Å². The minimum atomic E-state index is -0.0798. The Morgan fingerprint density at radius 1 is 0.882 bits per heavy atom. The van der Waals surface area contributed by atoms with Crippen molar-refractivity contribution in [1.82, 2.24) is 0 Å². The van der Waals surface area contributed by atoms with Crippen molar-refractivity contribution >= 4 is 0 Å². The Balaban J connectivity index is 2.23. The largest absolute Gasteiger partial charge is 0.318 e. The highest BCUT2D eigenvalue weighted by atomic mass is 14.6. The van der Waals surface area contributed by atoms with Gasteiger partial charge in [0.2, 0.25) is 0 Å². The summed E-state index contributed by atoms with van der Waals surface area (Å²) in [6.45, 7) is 1.88. The molecule has 0 aliphatic heterocycles. The van der Waals surface area contributed by atoms with Gasteiger partial charge in [-0.25, -0.2) is 0 Å². The van der Waals surface area contributed by atoms with Crippen LogP contribution in [0, 0.1) is 11.8 Å². The third kappa shape index (κ3) is 3.21. The van der Waals surface area contributed by atoms with Gasteiger partial charge in [0.15, 0.2) is 0 Å². The molecule has 0 heterocycles. The maximum Gasteiger partial charge on any atom is 0.0639 e. The lowest BCUT2D eigenvalue weighted by Crippen LogP contribution is -2.10. The van der Waals surface area contributed by atoms with E-state index in [1.54, 1.807) is 0 Å². The van der Waals surface area contributed by atoms with Crippen molar-refractivity contribution in [2.24, 2.45) is 5.73 Å². The van der Waals surface area contributed by atoms with Gasteiger partial charge in [-0.1, -0.05) is 54.3 Å². The molecule has 2 N–H and O–H groups in total. The molecular weight excluding hydrogens is 206 g/mol. The molecule has 0 saturated heterocycles. The summed E-state index contributed by atoms with van der Waals surface area (Å²) in [5.41, 5.74) is 9.02. The Morgan fingerprint density at radius 3 is 2.06 bits per heavy atom. The van der Waals surface area contributed by atoms with Gasteiger partial charge in [0.05, 0.1) is 6.04 Å². The highest BCUT2D eigenvalue weighted by molar-refractivity contribution is 5.64. The van der Waals surface area contributed by atoms with Crippen LogP contribution in [0.2, 0.25) is 0 Å². The molecule has 2 aromatic rings. The molecule has 17 heavy (non-hydrogen) atoms. The van der Waals surface area contributed by atoms with E-state index in [4.69, 9.17) is 5.73 Å². The smallest absolute Gasteiger partial charge is 0.0639 e. The van der Waals surface area contributed by atoms with Crippen LogP contribution in [-0.2, 0) is 0 Å². The van der Waals surface area contributed by atoms with E-state index in [9.17, 15) is 0 Å². The number of nitrogens with two attached hydrogens (primary N) is 1. The van der Waals surface area contributed by atoms with Gasteiger partial charge in [0.1, 0.15) is 0 Å². The third-order valence-electron chi connectivity index (χ3n) is 2.44. The fraction of sp³-hybridized carbons (Fsp3) is 0.125. The van der Waals surface area contributed by atoms with E-state index in [0.29, 0.717) is 0 Å². The average molecular weight is 221 g/mol. The van der Waals surface area contributed by atoms with Crippen molar-refractivity contribution < 1.29 is 0 Å². The maximum atomic E-state index is 5.59. The molecular formula is C16H15N. The Kier molecular flexibility index (Phi) is 3.59. The molecule has 1 nitrogen and oxygen atoms in total. The van der Waals surface area contributed by atoms with E-state index in [2.05, 4.69) is 36.1 Å². The van der Waals surface area contributed by atoms with Gasteiger partial charge < -0.3 is 5.73 Å². The van der Waals surface area contributed by atoms with E-state index in [0.717, 1.165) is 5.56 Å². The predicted molar refractivity (Wildman–Crippen MR) is 72.4 cm³/mol. The van der Waals surface area contributed by atoms with Crippen LogP contribution in [0.4, 0.5) is 0 Å². The number of hydrogen-bond donors (Lipinski definition) is 1. The molecule has 1 heteroatoms. The SMILES string of the molecule is CC(N)C#Cc1ccc(-c2ccccc2)cc1. The first-order valence-corrected chi connectivity index (χ1v) is 5.68. The van der Waals surface area contributed by atoms with Gasteiger partial charge in [-0.15, -0.1) is 0 Å². The first kappa shape index (κ1) is 11.4. The van der Waals surface area contributed by atoms with Crippen molar-refractivity contribution in [3.05, 3.63) is 60.2 Å². The van der Waals surface area contributed by atoms with Crippen molar-refractivity contribution in [2.45, 2.75) is 13.0 Å². The summed E-state index contributed by atoms with van der Waals surface area (Å²) < 4.78 is 0. The molecule has 0 aromatic heterocycles. The standard InChI is InChI=1S/C16H15N/c1-13(17)7-8-14-9-11-16(12-10-14)15-5-3-2-4-6-15/h2-6,9-13H,17H2,1H3. The summed E-state index contributed by atoms with van der Waals surface area (Å²) >= 11 is 0. The van der Waals surface area contributed by atoms with E-state index in [1.807, 2.05) is 37.3 Å². The lowest BCUT2D eigenvalue weighted by molar-refractivity contribution is 0.959. The molecule has 1 unspecified atom stereocenters. The predicted octanol–water partition coefficient (Wildman–Crippen LogP) is 3.05. The second-order valence-electron chi connectivity index (χ2n) is 4.00. The number of rotatable bonds is 1. The van der Waals surface area contributed by atoms with E-state index in [-0.39, 0.29) is 6.04 Å². The molecule has 0 aliphatic rings. The summed E-state index contributed by atoms with van der Waals surface area (Å²) in [5, 5.41) is 0. The van der Waals surface area contributed by atoms with Crippen molar-refractivity contribution in [2.75, 3.05) is 0 Å². The second-order valence-corrected chi connectivity index (χ2v) is 4.00. The fourth-order valence-electron chi connectivity index (χ4n) is 1.57. The zero-order valence-corrected chi connectivity index (χ0v) is 9.85. The van der Waals surface area contributed by atoms with Crippen LogP contribution in [0.5, 0.6) is 0 Å². The Bertz CT molecular complexity index is 527. The first-order valence-electron chi connectivity index (χ1n) is 5.68. The summed E-state index contributed by atoms with van der Waals surface area (Å²) in [4.78, 5) is 0. The summed E-state index contributed by atoms with van der Waals surface area (Å²) in [5.74, 6) is 6.00. The number of hydrogen-bond acceptors (Lipinski definition) is 1. The van der Waals surface area contributed by atoms with Crippen LogP contribution in [0.3, 0.4) is 0 Å². The molecule has 0 radical (unpaired) electrons. The van der Waals surface area contributed by atoms with Crippen LogP contribution in [-0.4, -0.2) is 6.04 Å². The lowest BCUT2D eigenvalue weighted by Gasteiger charge is -2.00. The van der Waals surface area contributed by atoms with Gasteiger partial charge in [0, 0.05) is 5.56 Å². The van der Waals surface area contributed by atoms with Crippen LogP contribution in [0.25, 0.3) is 11.1 Å². The molecule has 0 amide bonds. The molecule has 0 fully saturated rings.